The van der Waals surface area contributed by atoms with E-state index in [1.807, 2.05) is 6.92 Å². The largest absolute Gasteiger partial charge is 0.407 e. The monoisotopic (exact) mass is 225 g/mol. The number of nitrogens with two attached hydrogens (primary N) is 1. The molecule has 0 bridgehead atoms. The van der Waals surface area contributed by atoms with Crippen molar-refractivity contribution in [2.45, 2.75) is 19.1 Å². The van der Waals surface area contributed by atoms with Gasteiger partial charge in [-0.05, 0) is 12.5 Å². The highest BCUT2D eigenvalue weighted by molar-refractivity contribution is 5.85. The molecule has 0 saturated heterocycles. The molecule has 1 atom stereocenters. The van der Waals surface area contributed by atoms with Gasteiger partial charge in [-0.25, -0.2) is 0 Å². The molecule has 2 N–H and O–H groups in total. The van der Waals surface area contributed by atoms with Gasteiger partial charge >= 0.3 is 6.18 Å². The van der Waals surface area contributed by atoms with Crippen molar-refractivity contribution in [1.29, 1.82) is 0 Å². The average molecular weight is 226 g/mol. The maximum atomic E-state index is 12.1. The lowest BCUT2D eigenvalue weighted by molar-refractivity contribution is -0.149. The van der Waals surface area contributed by atoms with Gasteiger partial charge < -0.3 is 5.73 Å². The Morgan fingerprint density at radius 1 is 1.14 bits per heavy atom. The summed E-state index contributed by atoms with van der Waals surface area (Å²) in [5.74, 6) is 0. The van der Waals surface area contributed by atoms with Crippen LogP contribution in [0.4, 0.5) is 13.2 Å². The van der Waals surface area contributed by atoms with E-state index in [9.17, 15) is 13.2 Å². The number of aryl methyl sites for hydroxylation is 1. The first-order valence-corrected chi connectivity index (χ1v) is 3.80. The van der Waals surface area contributed by atoms with Crippen molar-refractivity contribution in [3.8, 4) is 0 Å². The summed E-state index contributed by atoms with van der Waals surface area (Å²) in [6, 6.07) is 4.14. The summed E-state index contributed by atoms with van der Waals surface area (Å²) in [5, 5.41) is 0. The fourth-order valence-corrected chi connectivity index (χ4v) is 0.963. The molecule has 0 fully saturated rings. The van der Waals surface area contributed by atoms with Gasteiger partial charge in [-0.3, -0.25) is 0 Å². The molecule has 0 heterocycles. The van der Waals surface area contributed by atoms with E-state index in [0.717, 1.165) is 5.56 Å². The van der Waals surface area contributed by atoms with Crippen molar-refractivity contribution in [2.24, 2.45) is 5.73 Å². The molecule has 1 aromatic carbocycles. The van der Waals surface area contributed by atoms with Crippen LogP contribution in [-0.4, -0.2) is 6.18 Å². The van der Waals surface area contributed by atoms with Crippen molar-refractivity contribution < 1.29 is 13.2 Å². The number of benzene rings is 1. The molecule has 80 valence electrons. The molecule has 1 aromatic rings. The van der Waals surface area contributed by atoms with Gasteiger partial charge in [0.05, 0.1) is 0 Å². The molecule has 0 aromatic heterocycles. The van der Waals surface area contributed by atoms with Crippen LogP contribution < -0.4 is 5.73 Å². The van der Waals surface area contributed by atoms with Crippen LogP contribution in [0.1, 0.15) is 17.2 Å². The van der Waals surface area contributed by atoms with Crippen LogP contribution in [-0.2, 0) is 0 Å². The smallest absolute Gasteiger partial charge is 0.316 e. The van der Waals surface area contributed by atoms with Crippen LogP contribution in [0.5, 0.6) is 0 Å². The molecule has 0 spiro atoms. The molecule has 0 amide bonds. The van der Waals surface area contributed by atoms with Crippen LogP contribution in [0, 0.1) is 6.92 Å². The molecule has 0 aliphatic rings. The zero-order valence-corrected chi connectivity index (χ0v) is 8.32. The van der Waals surface area contributed by atoms with E-state index in [0.29, 0.717) is 0 Å². The van der Waals surface area contributed by atoms with Gasteiger partial charge in [0.15, 0.2) is 0 Å². The van der Waals surface area contributed by atoms with Crippen molar-refractivity contribution in [3.63, 3.8) is 0 Å². The van der Waals surface area contributed by atoms with Gasteiger partial charge in [-0.2, -0.15) is 13.2 Å². The van der Waals surface area contributed by atoms with Crippen LogP contribution in [0.3, 0.4) is 0 Å². The summed E-state index contributed by atoms with van der Waals surface area (Å²) >= 11 is 0. The highest BCUT2D eigenvalue weighted by Gasteiger charge is 2.37. The molecule has 1 rings (SSSR count). The van der Waals surface area contributed by atoms with E-state index < -0.39 is 12.2 Å². The Morgan fingerprint density at radius 2 is 1.57 bits per heavy atom. The number of halogens is 4. The molecular formula is C9H11ClF3N. The first-order valence-electron chi connectivity index (χ1n) is 3.80. The van der Waals surface area contributed by atoms with Crippen LogP contribution in [0.25, 0.3) is 0 Å². The number of rotatable bonds is 1. The predicted molar refractivity (Wildman–Crippen MR) is 51.4 cm³/mol. The van der Waals surface area contributed by atoms with Gasteiger partial charge in [0.2, 0.25) is 0 Å². The van der Waals surface area contributed by atoms with E-state index in [1.165, 1.54) is 12.1 Å². The second-order valence-corrected chi connectivity index (χ2v) is 2.93. The summed E-state index contributed by atoms with van der Waals surface area (Å²) in [7, 11) is 0. The van der Waals surface area contributed by atoms with Crippen LogP contribution >= 0.6 is 12.4 Å². The predicted octanol–water partition coefficient (Wildman–Crippen LogP) is 2.98. The van der Waals surface area contributed by atoms with Gasteiger partial charge in [0.25, 0.3) is 0 Å². The Labute approximate surface area is 86.5 Å². The molecule has 0 saturated carbocycles. The Kier molecular flexibility index (Phi) is 4.42. The van der Waals surface area contributed by atoms with Gasteiger partial charge in [-0.1, -0.05) is 29.8 Å². The zero-order chi connectivity index (χ0) is 10.1. The fraction of sp³-hybridized carbons (Fsp3) is 0.333. The first-order chi connectivity index (χ1) is 5.91. The number of alkyl halides is 3. The zero-order valence-electron chi connectivity index (χ0n) is 7.51. The molecule has 5 heteroatoms. The maximum absolute atomic E-state index is 12.1. The van der Waals surface area contributed by atoms with Crippen LogP contribution in [0.15, 0.2) is 24.3 Å². The van der Waals surface area contributed by atoms with E-state index in [-0.39, 0.29) is 18.0 Å². The van der Waals surface area contributed by atoms with Gasteiger partial charge in [0, 0.05) is 0 Å². The van der Waals surface area contributed by atoms with E-state index in [4.69, 9.17) is 5.73 Å². The molecule has 0 radical (unpaired) electrons. The Balaban J connectivity index is 0.00000169. The summed E-state index contributed by atoms with van der Waals surface area (Å²) in [6.07, 6.45) is -4.37. The first kappa shape index (κ1) is 13.3. The molecule has 0 unspecified atom stereocenters. The standard InChI is InChI=1S/C9H10F3N.ClH/c1-6-2-4-7(5-3-6)8(13)9(10,11)12;/h2-5,8H,13H2,1H3;1H/t8-;/m0./s1. The summed E-state index contributed by atoms with van der Waals surface area (Å²) in [6.45, 7) is 1.81. The summed E-state index contributed by atoms with van der Waals surface area (Å²) in [4.78, 5) is 0. The normalized spacial score (nSPS) is 13.2. The van der Waals surface area contributed by atoms with Crippen molar-refractivity contribution in [3.05, 3.63) is 35.4 Å². The Morgan fingerprint density at radius 3 is 1.93 bits per heavy atom. The molecule has 0 aliphatic heterocycles. The topological polar surface area (TPSA) is 26.0 Å². The van der Waals surface area contributed by atoms with Crippen molar-refractivity contribution in [1.82, 2.24) is 0 Å². The Hall–Kier alpha value is -0.740. The minimum absolute atomic E-state index is 0. The third-order valence-corrected chi connectivity index (χ3v) is 1.79. The van der Waals surface area contributed by atoms with Crippen molar-refractivity contribution >= 4 is 12.4 Å². The molecule has 0 aliphatic carbocycles. The number of hydrogen-bond acceptors (Lipinski definition) is 1. The molecule has 1 nitrogen and oxygen atoms in total. The third kappa shape index (κ3) is 3.20. The Bertz CT molecular complexity index is 281. The fourth-order valence-electron chi connectivity index (χ4n) is 0.963. The number of hydrogen-bond donors (Lipinski definition) is 1. The highest BCUT2D eigenvalue weighted by atomic mass is 35.5. The SMILES string of the molecule is Cc1ccc([C@H](N)C(F)(F)F)cc1.Cl. The van der Waals surface area contributed by atoms with Crippen molar-refractivity contribution in [2.75, 3.05) is 0 Å². The highest BCUT2D eigenvalue weighted by Crippen LogP contribution is 2.30. The molecular weight excluding hydrogens is 215 g/mol. The lowest BCUT2D eigenvalue weighted by Gasteiger charge is -2.15. The second kappa shape index (κ2) is 4.66. The van der Waals surface area contributed by atoms with Gasteiger partial charge in [0.1, 0.15) is 6.04 Å². The van der Waals surface area contributed by atoms with Gasteiger partial charge in [-0.15, -0.1) is 12.4 Å². The van der Waals surface area contributed by atoms with E-state index in [1.54, 1.807) is 12.1 Å². The minimum Gasteiger partial charge on any atom is -0.316 e. The second-order valence-electron chi connectivity index (χ2n) is 2.93. The quantitative estimate of drug-likeness (QED) is 0.781. The molecule has 14 heavy (non-hydrogen) atoms. The summed E-state index contributed by atoms with van der Waals surface area (Å²) < 4.78 is 36.3. The lowest BCUT2D eigenvalue weighted by atomic mass is 10.1. The lowest BCUT2D eigenvalue weighted by Crippen LogP contribution is -2.28. The van der Waals surface area contributed by atoms with E-state index in [2.05, 4.69) is 0 Å². The van der Waals surface area contributed by atoms with Crippen LogP contribution in [0.2, 0.25) is 0 Å². The van der Waals surface area contributed by atoms with E-state index >= 15 is 0 Å². The third-order valence-electron chi connectivity index (χ3n) is 1.79. The average Bonchev–Trinajstić information content (AvgIpc) is 2.03. The summed E-state index contributed by atoms with van der Waals surface area (Å²) in [5.41, 5.74) is 6.01. The minimum atomic E-state index is -4.37. The maximum Gasteiger partial charge on any atom is 0.407 e.